The first-order valence-corrected chi connectivity index (χ1v) is 12.9. The SMILES string of the molecule is O=C(NC1CCOC1)c1ccc(-c2cnc3ncc(C4(c5ccc6ncccc6c5)CC4)n3c2)cc1Cl. The Balaban J connectivity index is 1.23. The Kier molecular flexibility index (Phi) is 5.23. The predicted octanol–water partition coefficient (Wildman–Crippen LogP) is 5.20. The molecule has 2 aliphatic rings. The van der Waals surface area contributed by atoms with E-state index in [1.165, 1.54) is 5.56 Å². The van der Waals surface area contributed by atoms with E-state index in [9.17, 15) is 4.79 Å². The third-order valence-electron chi connectivity index (χ3n) is 7.57. The minimum Gasteiger partial charge on any atom is -0.379 e. The molecule has 0 spiro atoms. The minimum absolute atomic E-state index is 0.0307. The average molecular weight is 510 g/mol. The van der Waals surface area contributed by atoms with Crippen LogP contribution in [-0.2, 0) is 10.2 Å². The van der Waals surface area contributed by atoms with E-state index in [1.807, 2.05) is 30.6 Å². The molecule has 1 N–H and O–H groups in total. The number of halogens is 1. The Bertz CT molecular complexity index is 1670. The molecule has 7 nitrogen and oxygen atoms in total. The molecular weight excluding hydrogens is 486 g/mol. The number of benzene rings is 2. The van der Waals surface area contributed by atoms with E-state index in [4.69, 9.17) is 16.3 Å². The normalized spacial score (nSPS) is 18.4. The number of rotatable bonds is 5. The first-order valence-electron chi connectivity index (χ1n) is 12.5. The van der Waals surface area contributed by atoms with Crippen molar-refractivity contribution in [2.45, 2.75) is 30.7 Å². The maximum atomic E-state index is 12.7. The zero-order chi connectivity index (χ0) is 25.0. The highest BCUT2D eigenvalue weighted by Gasteiger charge is 2.48. The van der Waals surface area contributed by atoms with Crippen LogP contribution in [0.1, 0.15) is 40.9 Å². The summed E-state index contributed by atoms with van der Waals surface area (Å²) in [5.74, 6) is 0.479. The van der Waals surface area contributed by atoms with Gasteiger partial charge in [-0.25, -0.2) is 9.97 Å². The second-order valence-electron chi connectivity index (χ2n) is 9.88. The zero-order valence-electron chi connectivity index (χ0n) is 20.0. The third-order valence-corrected chi connectivity index (χ3v) is 7.89. The maximum absolute atomic E-state index is 12.7. The van der Waals surface area contributed by atoms with Crippen LogP contribution in [0.25, 0.3) is 27.8 Å². The lowest BCUT2D eigenvalue weighted by Crippen LogP contribution is -2.35. The van der Waals surface area contributed by atoms with Gasteiger partial charge in [-0.05, 0) is 60.7 Å². The number of pyridine rings is 1. The number of carbonyl (C=O) groups excluding carboxylic acids is 1. The number of nitrogens with zero attached hydrogens (tertiary/aromatic N) is 4. The van der Waals surface area contributed by atoms with E-state index in [0.717, 1.165) is 47.0 Å². The first-order chi connectivity index (χ1) is 18.1. The molecule has 37 heavy (non-hydrogen) atoms. The summed E-state index contributed by atoms with van der Waals surface area (Å²) in [4.78, 5) is 26.4. The highest BCUT2D eigenvalue weighted by Crippen LogP contribution is 2.53. The van der Waals surface area contributed by atoms with Crippen molar-refractivity contribution in [3.8, 4) is 11.1 Å². The van der Waals surface area contributed by atoms with Crippen LogP contribution in [0.15, 0.2) is 73.3 Å². The molecule has 1 saturated carbocycles. The summed E-state index contributed by atoms with van der Waals surface area (Å²) < 4.78 is 7.44. The molecule has 5 aromatic rings. The maximum Gasteiger partial charge on any atom is 0.253 e. The largest absolute Gasteiger partial charge is 0.379 e. The molecule has 1 aliphatic carbocycles. The van der Waals surface area contributed by atoms with Gasteiger partial charge < -0.3 is 10.1 Å². The predicted molar refractivity (Wildman–Crippen MR) is 142 cm³/mol. The standard InChI is InChI=1S/C29H24ClN5O2/c30-24-13-18(3-5-23(24)27(36)34-22-7-11-37-17-22)20-14-32-28-33-15-26(35(28)16-20)29(8-9-29)21-4-6-25-19(12-21)2-1-10-31-25/h1-6,10,12-16,22H,7-9,11,17H2,(H,34,36). The van der Waals surface area contributed by atoms with Gasteiger partial charge in [0.2, 0.25) is 5.78 Å². The molecule has 4 heterocycles. The number of fused-ring (bicyclic) bond motifs is 2. The fourth-order valence-electron chi connectivity index (χ4n) is 5.36. The second kappa shape index (κ2) is 8.64. The fourth-order valence-corrected chi connectivity index (χ4v) is 5.62. The van der Waals surface area contributed by atoms with Crippen LogP contribution in [0, 0.1) is 0 Å². The summed E-state index contributed by atoms with van der Waals surface area (Å²) >= 11 is 6.56. The molecule has 7 rings (SSSR count). The van der Waals surface area contributed by atoms with Gasteiger partial charge in [0.25, 0.3) is 5.91 Å². The van der Waals surface area contributed by atoms with Gasteiger partial charge in [0.05, 0.1) is 40.6 Å². The molecule has 0 bridgehead atoms. The lowest BCUT2D eigenvalue weighted by molar-refractivity contribution is 0.0930. The van der Waals surface area contributed by atoms with Crippen LogP contribution in [0.2, 0.25) is 5.02 Å². The minimum atomic E-state index is -0.182. The zero-order valence-corrected chi connectivity index (χ0v) is 20.8. The van der Waals surface area contributed by atoms with E-state index in [0.29, 0.717) is 29.6 Å². The molecule has 2 fully saturated rings. The van der Waals surface area contributed by atoms with Crippen molar-refractivity contribution in [3.63, 3.8) is 0 Å². The topological polar surface area (TPSA) is 81.4 Å². The smallest absolute Gasteiger partial charge is 0.253 e. The lowest BCUT2D eigenvalue weighted by atomic mass is 9.91. The number of hydrogen-bond donors (Lipinski definition) is 1. The van der Waals surface area contributed by atoms with Gasteiger partial charge in [-0.15, -0.1) is 0 Å². The number of aromatic nitrogens is 4. The molecule has 1 amide bonds. The highest BCUT2D eigenvalue weighted by molar-refractivity contribution is 6.34. The summed E-state index contributed by atoms with van der Waals surface area (Å²) in [5.41, 5.74) is 5.55. The lowest BCUT2D eigenvalue weighted by Gasteiger charge is -2.17. The molecular formula is C29H24ClN5O2. The van der Waals surface area contributed by atoms with Crippen LogP contribution in [0.3, 0.4) is 0 Å². The van der Waals surface area contributed by atoms with E-state index in [2.05, 4.69) is 55.1 Å². The number of imidazole rings is 1. The average Bonchev–Trinajstić information content (AvgIpc) is 3.35. The van der Waals surface area contributed by atoms with Crippen LogP contribution < -0.4 is 5.32 Å². The third kappa shape index (κ3) is 3.86. The number of hydrogen-bond acceptors (Lipinski definition) is 5. The van der Waals surface area contributed by atoms with Crippen molar-refractivity contribution >= 4 is 34.2 Å². The Hall–Kier alpha value is -3.81. The first kappa shape index (κ1) is 22.4. The molecule has 184 valence electrons. The van der Waals surface area contributed by atoms with E-state index in [-0.39, 0.29) is 17.4 Å². The number of carbonyl (C=O) groups is 1. The van der Waals surface area contributed by atoms with Crippen molar-refractivity contribution < 1.29 is 9.53 Å². The summed E-state index contributed by atoms with van der Waals surface area (Å²) in [6, 6.07) is 16.1. The molecule has 1 unspecified atom stereocenters. The Labute approximate surface area is 218 Å². The van der Waals surface area contributed by atoms with E-state index in [1.54, 1.807) is 12.3 Å². The van der Waals surface area contributed by atoms with Crippen molar-refractivity contribution in [1.29, 1.82) is 0 Å². The summed E-state index contributed by atoms with van der Waals surface area (Å²) in [7, 11) is 0. The van der Waals surface area contributed by atoms with Crippen molar-refractivity contribution in [1.82, 2.24) is 24.7 Å². The monoisotopic (exact) mass is 509 g/mol. The molecule has 1 atom stereocenters. The summed E-state index contributed by atoms with van der Waals surface area (Å²) in [6.45, 7) is 1.21. The van der Waals surface area contributed by atoms with Crippen molar-refractivity contribution in [2.24, 2.45) is 0 Å². The molecule has 1 aliphatic heterocycles. The van der Waals surface area contributed by atoms with Gasteiger partial charge in [0, 0.05) is 41.6 Å². The molecule has 2 aromatic carbocycles. The Morgan fingerprint density at radius 2 is 1.95 bits per heavy atom. The van der Waals surface area contributed by atoms with Crippen LogP contribution in [0.5, 0.6) is 0 Å². The van der Waals surface area contributed by atoms with Crippen LogP contribution in [-0.4, -0.2) is 44.5 Å². The molecule has 1 saturated heterocycles. The van der Waals surface area contributed by atoms with Crippen LogP contribution in [0.4, 0.5) is 0 Å². The molecule has 0 radical (unpaired) electrons. The van der Waals surface area contributed by atoms with Gasteiger partial charge >= 0.3 is 0 Å². The van der Waals surface area contributed by atoms with Crippen LogP contribution >= 0.6 is 11.6 Å². The Morgan fingerprint density at radius 1 is 1.05 bits per heavy atom. The van der Waals surface area contributed by atoms with Crippen molar-refractivity contribution in [2.75, 3.05) is 13.2 Å². The van der Waals surface area contributed by atoms with Crippen molar-refractivity contribution in [3.05, 3.63) is 95.2 Å². The molecule has 3 aromatic heterocycles. The fraction of sp³-hybridized carbons (Fsp3) is 0.241. The van der Waals surface area contributed by atoms with Gasteiger partial charge in [-0.2, -0.15) is 0 Å². The number of amides is 1. The van der Waals surface area contributed by atoms with E-state index >= 15 is 0 Å². The van der Waals surface area contributed by atoms with Gasteiger partial charge in [-0.1, -0.05) is 29.8 Å². The second-order valence-corrected chi connectivity index (χ2v) is 10.3. The Morgan fingerprint density at radius 3 is 2.76 bits per heavy atom. The summed E-state index contributed by atoms with van der Waals surface area (Å²) in [5, 5.41) is 4.54. The van der Waals surface area contributed by atoms with Gasteiger partial charge in [0.1, 0.15) is 0 Å². The number of nitrogens with one attached hydrogen (secondary N) is 1. The van der Waals surface area contributed by atoms with Gasteiger partial charge in [-0.3, -0.25) is 14.2 Å². The quantitative estimate of drug-likeness (QED) is 0.352. The van der Waals surface area contributed by atoms with Gasteiger partial charge in [0.15, 0.2) is 0 Å². The van der Waals surface area contributed by atoms with E-state index < -0.39 is 0 Å². The number of ether oxygens (including phenoxy) is 1. The highest BCUT2D eigenvalue weighted by atomic mass is 35.5. The summed E-state index contributed by atoms with van der Waals surface area (Å²) in [6.07, 6.45) is 10.6. The molecule has 8 heteroatoms.